The maximum absolute atomic E-state index is 12.1. The molecule has 4 aliphatic carbocycles. The molecule has 0 heterocycles. The first-order valence-corrected chi connectivity index (χ1v) is 12.3. The molecule has 1 heteroatoms. The first kappa shape index (κ1) is 21.1. The number of ketones is 1. The van der Waals surface area contributed by atoms with E-state index < -0.39 is 0 Å². The van der Waals surface area contributed by atoms with E-state index in [0.29, 0.717) is 35.4 Å². The van der Waals surface area contributed by atoms with Crippen LogP contribution < -0.4 is 0 Å². The van der Waals surface area contributed by atoms with Gasteiger partial charge in [-0.1, -0.05) is 77.0 Å². The minimum absolute atomic E-state index is 0.246. The summed E-state index contributed by atoms with van der Waals surface area (Å²) in [6.45, 7) is 14.5. The van der Waals surface area contributed by atoms with Gasteiger partial charge in [0.1, 0.15) is 5.78 Å². The molecule has 29 heavy (non-hydrogen) atoms. The quantitative estimate of drug-likeness (QED) is 0.450. The number of Topliss-reactive ketones (excluding diaryl/α,β-unsaturated/α-hetero) is 1. The van der Waals surface area contributed by atoms with Crippen molar-refractivity contribution in [1.29, 1.82) is 0 Å². The maximum atomic E-state index is 12.1. The van der Waals surface area contributed by atoms with Crippen LogP contribution in [-0.2, 0) is 4.79 Å². The normalized spacial score (nSPS) is 41.5. The van der Waals surface area contributed by atoms with Gasteiger partial charge in [-0.2, -0.15) is 0 Å². The first-order valence-electron chi connectivity index (χ1n) is 12.3. The van der Waals surface area contributed by atoms with Crippen LogP contribution in [0.1, 0.15) is 86.5 Å². The number of hydrogen-bond donors (Lipinski definition) is 0. The molecule has 0 radical (unpaired) electrons. The second kappa shape index (κ2) is 7.54. The SMILES string of the molecule is CC(C)C(C)/C=C\C(C)C1CCC2C3=CC=C4CC(=O)CCC4(C)C3CCC21C. The van der Waals surface area contributed by atoms with Gasteiger partial charge in [-0.15, -0.1) is 0 Å². The molecule has 0 N–H and O–H groups in total. The number of rotatable bonds is 4. The van der Waals surface area contributed by atoms with Crippen molar-refractivity contribution in [1.82, 2.24) is 0 Å². The van der Waals surface area contributed by atoms with Gasteiger partial charge >= 0.3 is 0 Å². The van der Waals surface area contributed by atoms with Gasteiger partial charge in [-0.05, 0) is 78.4 Å². The Bertz CT molecular complexity index is 752. The molecule has 7 unspecified atom stereocenters. The summed E-state index contributed by atoms with van der Waals surface area (Å²) in [5, 5.41) is 0. The first-order chi connectivity index (χ1) is 13.7. The van der Waals surface area contributed by atoms with Crippen molar-refractivity contribution >= 4 is 5.78 Å². The maximum Gasteiger partial charge on any atom is 0.136 e. The van der Waals surface area contributed by atoms with Crippen molar-refractivity contribution in [2.45, 2.75) is 86.5 Å². The zero-order valence-corrected chi connectivity index (χ0v) is 19.6. The van der Waals surface area contributed by atoms with Crippen molar-refractivity contribution in [3.63, 3.8) is 0 Å². The molecule has 1 nitrogen and oxygen atoms in total. The minimum Gasteiger partial charge on any atom is -0.299 e. The summed E-state index contributed by atoms with van der Waals surface area (Å²) in [7, 11) is 0. The second-order valence-electron chi connectivity index (χ2n) is 11.7. The number of hydrogen-bond acceptors (Lipinski definition) is 1. The number of fused-ring (bicyclic) bond motifs is 5. The lowest BCUT2D eigenvalue weighted by atomic mass is 9.50. The molecular formula is C28H42O. The third-order valence-corrected chi connectivity index (χ3v) is 9.88. The van der Waals surface area contributed by atoms with Crippen LogP contribution in [0.25, 0.3) is 0 Å². The van der Waals surface area contributed by atoms with Gasteiger partial charge in [-0.3, -0.25) is 4.79 Å². The standard InChI is InChI=1S/C28H42O/c1-18(2)19(3)7-8-20(4)24-11-12-25-23-10-9-21-17-22(29)13-15-27(21,5)26(23)14-16-28(24,25)6/h7-10,18-20,24-26H,11-17H2,1-6H3/b8-7-. The van der Waals surface area contributed by atoms with Crippen molar-refractivity contribution < 1.29 is 4.79 Å². The van der Waals surface area contributed by atoms with E-state index >= 15 is 0 Å². The van der Waals surface area contributed by atoms with E-state index in [-0.39, 0.29) is 5.41 Å². The van der Waals surface area contributed by atoms with E-state index in [1.807, 2.05) is 0 Å². The molecule has 0 aromatic rings. The highest BCUT2D eigenvalue weighted by molar-refractivity contribution is 5.83. The van der Waals surface area contributed by atoms with Gasteiger partial charge in [-0.25, -0.2) is 0 Å². The Labute approximate surface area is 179 Å². The van der Waals surface area contributed by atoms with Crippen molar-refractivity contribution in [3.05, 3.63) is 35.5 Å². The summed E-state index contributed by atoms with van der Waals surface area (Å²) < 4.78 is 0. The molecule has 4 rings (SSSR count). The smallest absolute Gasteiger partial charge is 0.136 e. The summed E-state index contributed by atoms with van der Waals surface area (Å²) in [5.41, 5.74) is 3.86. The van der Waals surface area contributed by atoms with E-state index in [2.05, 4.69) is 65.8 Å². The van der Waals surface area contributed by atoms with Gasteiger partial charge in [0.2, 0.25) is 0 Å². The van der Waals surface area contributed by atoms with Crippen LogP contribution in [0.2, 0.25) is 0 Å². The number of carbonyl (C=O) groups is 1. The van der Waals surface area contributed by atoms with Gasteiger partial charge in [0, 0.05) is 12.8 Å². The number of carbonyl (C=O) groups excluding carboxylic acids is 1. The van der Waals surface area contributed by atoms with Crippen LogP contribution in [-0.4, -0.2) is 5.78 Å². The van der Waals surface area contributed by atoms with E-state index in [4.69, 9.17) is 0 Å². The van der Waals surface area contributed by atoms with Crippen LogP contribution in [0.3, 0.4) is 0 Å². The molecule has 4 aliphatic rings. The van der Waals surface area contributed by atoms with Crippen molar-refractivity contribution in [2.75, 3.05) is 0 Å². The van der Waals surface area contributed by atoms with E-state index in [1.54, 1.807) is 5.57 Å². The molecule has 0 aromatic carbocycles. The average Bonchev–Trinajstić information content (AvgIpc) is 3.03. The molecule has 3 saturated carbocycles. The topological polar surface area (TPSA) is 17.1 Å². The largest absolute Gasteiger partial charge is 0.299 e. The summed E-state index contributed by atoms with van der Waals surface area (Å²) in [5.74, 6) is 4.73. The van der Waals surface area contributed by atoms with Crippen molar-refractivity contribution in [2.24, 2.45) is 46.3 Å². The summed E-state index contributed by atoms with van der Waals surface area (Å²) >= 11 is 0. The monoisotopic (exact) mass is 394 g/mol. The Hall–Kier alpha value is -1.11. The lowest BCUT2D eigenvalue weighted by Gasteiger charge is -2.54. The zero-order valence-electron chi connectivity index (χ0n) is 19.6. The summed E-state index contributed by atoms with van der Waals surface area (Å²) in [4.78, 5) is 12.1. The molecule has 0 saturated heterocycles. The molecule has 0 aromatic heterocycles. The molecule has 0 spiro atoms. The third-order valence-electron chi connectivity index (χ3n) is 9.88. The third kappa shape index (κ3) is 3.41. The van der Waals surface area contributed by atoms with Gasteiger partial charge in [0.15, 0.2) is 0 Å². The molecule has 0 amide bonds. The Balaban J connectivity index is 1.57. The second-order valence-corrected chi connectivity index (χ2v) is 11.7. The Morgan fingerprint density at radius 3 is 2.45 bits per heavy atom. The summed E-state index contributed by atoms with van der Waals surface area (Å²) in [6, 6.07) is 0. The van der Waals surface area contributed by atoms with E-state index in [9.17, 15) is 4.79 Å². The molecule has 160 valence electrons. The highest BCUT2D eigenvalue weighted by atomic mass is 16.1. The highest BCUT2D eigenvalue weighted by Crippen LogP contribution is 2.65. The average molecular weight is 395 g/mol. The van der Waals surface area contributed by atoms with Gasteiger partial charge in [0.25, 0.3) is 0 Å². The molecule has 0 bridgehead atoms. The fraction of sp³-hybridized carbons (Fsp3) is 0.750. The van der Waals surface area contributed by atoms with E-state index in [0.717, 1.165) is 30.6 Å². The van der Waals surface area contributed by atoms with Crippen molar-refractivity contribution in [3.8, 4) is 0 Å². The van der Waals surface area contributed by atoms with E-state index in [1.165, 1.54) is 31.3 Å². The molecular weight excluding hydrogens is 352 g/mol. The van der Waals surface area contributed by atoms with Crippen LogP contribution in [0, 0.1) is 46.3 Å². The minimum atomic E-state index is 0.246. The Morgan fingerprint density at radius 2 is 1.72 bits per heavy atom. The number of allylic oxidation sites excluding steroid dienone is 6. The predicted octanol–water partition coefficient (Wildman–Crippen LogP) is 7.54. The Kier molecular flexibility index (Phi) is 5.50. The lowest BCUT2D eigenvalue weighted by molar-refractivity contribution is -0.120. The van der Waals surface area contributed by atoms with Gasteiger partial charge in [0.05, 0.1) is 0 Å². The fourth-order valence-corrected chi connectivity index (χ4v) is 7.43. The predicted molar refractivity (Wildman–Crippen MR) is 122 cm³/mol. The molecule has 7 atom stereocenters. The summed E-state index contributed by atoms with van der Waals surface area (Å²) in [6.07, 6.45) is 17.8. The van der Waals surface area contributed by atoms with Gasteiger partial charge < -0.3 is 0 Å². The highest BCUT2D eigenvalue weighted by Gasteiger charge is 2.56. The zero-order chi connectivity index (χ0) is 21.0. The van der Waals surface area contributed by atoms with Crippen LogP contribution in [0.4, 0.5) is 0 Å². The Morgan fingerprint density at radius 1 is 0.966 bits per heavy atom. The molecule has 0 aliphatic heterocycles. The van der Waals surface area contributed by atoms with Crippen LogP contribution >= 0.6 is 0 Å². The van der Waals surface area contributed by atoms with Crippen LogP contribution in [0.15, 0.2) is 35.5 Å². The lowest BCUT2D eigenvalue weighted by Crippen LogP contribution is -2.46. The van der Waals surface area contributed by atoms with Crippen LogP contribution in [0.5, 0.6) is 0 Å². The molecule has 3 fully saturated rings. The fourth-order valence-electron chi connectivity index (χ4n) is 7.43.